The number of benzene rings is 3. The largest absolute Gasteiger partial charge is 0.349 e. The normalized spacial score (nSPS) is 14.8. The van der Waals surface area contributed by atoms with Gasteiger partial charge >= 0.3 is 0 Å². The van der Waals surface area contributed by atoms with Crippen LogP contribution in [-0.2, 0) is 16.6 Å². The number of hydrogen-bond acceptors (Lipinski definition) is 3. The van der Waals surface area contributed by atoms with Crippen LogP contribution in [0.1, 0.15) is 48.0 Å². The van der Waals surface area contributed by atoms with Crippen LogP contribution in [-0.4, -0.2) is 20.4 Å². The first-order valence-corrected chi connectivity index (χ1v) is 12.5. The lowest BCUT2D eigenvalue weighted by Crippen LogP contribution is -2.36. The molecule has 0 bridgehead atoms. The van der Waals surface area contributed by atoms with Gasteiger partial charge in [-0.05, 0) is 53.8 Å². The molecule has 0 unspecified atom stereocenters. The highest BCUT2D eigenvalue weighted by molar-refractivity contribution is 7.89. The van der Waals surface area contributed by atoms with Crippen molar-refractivity contribution in [1.29, 1.82) is 0 Å². The highest BCUT2D eigenvalue weighted by atomic mass is 32.2. The Morgan fingerprint density at radius 2 is 1.50 bits per heavy atom. The van der Waals surface area contributed by atoms with E-state index in [9.17, 15) is 13.2 Å². The zero-order valence-electron chi connectivity index (χ0n) is 18.0. The van der Waals surface area contributed by atoms with Crippen LogP contribution in [0, 0.1) is 0 Å². The number of carbonyl (C=O) groups excluding carboxylic acids is 1. The van der Waals surface area contributed by atoms with E-state index in [0.717, 1.165) is 42.4 Å². The van der Waals surface area contributed by atoms with Gasteiger partial charge in [0.25, 0.3) is 5.91 Å². The summed E-state index contributed by atoms with van der Waals surface area (Å²) in [5.41, 5.74) is 3.29. The van der Waals surface area contributed by atoms with E-state index in [2.05, 4.69) is 10.0 Å². The lowest BCUT2D eigenvalue weighted by atomic mass is 9.95. The molecule has 0 heterocycles. The second-order valence-corrected chi connectivity index (χ2v) is 9.99. The molecule has 1 aliphatic carbocycles. The quantitative estimate of drug-likeness (QED) is 0.540. The first kappa shape index (κ1) is 22.2. The Balaban J connectivity index is 1.39. The molecular weight excluding hydrogens is 420 g/mol. The molecule has 1 fully saturated rings. The van der Waals surface area contributed by atoms with Crippen LogP contribution in [0.25, 0.3) is 11.1 Å². The van der Waals surface area contributed by atoms with E-state index < -0.39 is 10.0 Å². The highest BCUT2D eigenvalue weighted by Crippen LogP contribution is 2.21. The van der Waals surface area contributed by atoms with E-state index in [1.165, 1.54) is 6.42 Å². The molecule has 1 aliphatic rings. The summed E-state index contributed by atoms with van der Waals surface area (Å²) in [5, 5.41) is 3.10. The summed E-state index contributed by atoms with van der Waals surface area (Å²) in [7, 11) is -3.66. The van der Waals surface area contributed by atoms with Crippen molar-refractivity contribution in [3.8, 4) is 11.1 Å². The summed E-state index contributed by atoms with van der Waals surface area (Å²) in [6.45, 7) is 0.118. The molecule has 1 saturated carbocycles. The van der Waals surface area contributed by atoms with Crippen LogP contribution in [0.3, 0.4) is 0 Å². The van der Waals surface area contributed by atoms with Gasteiger partial charge in [0.15, 0.2) is 0 Å². The van der Waals surface area contributed by atoms with Crippen molar-refractivity contribution in [2.75, 3.05) is 0 Å². The summed E-state index contributed by atoms with van der Waals surface area (Å²) >= 11 is 0. The monoisotopic (exact) mass is 448 g/mol. The second-order valence-electron chi connectivity index (χ2n) is 8.22. The summed E-state index contributed by atoms with van der Waals surface area (Å²) in [5.74, 6) is -0.0990. The molecule has 6 heteroatoms. The first-order valence-electron chi connectivity index (χ1n) is 11.1. The fourth-order valence-corrected chi connectivity index (χ4v) is 5.07. The van der Waals surface area contributed by atoms with Crippen LogP contribution < -0.4 is 10.0 Å². The topological polar surface area (TPSA) is 75.3 Å². The molecule has 0 aliphatic heterocycles. The smallest absolute Gasteiger partial charge is 0.251 e. The zero-order valence-corrected chi connectivity index (χ0v) is 18.8. The van der Waals surface area contributed by atoms with E-state index in [1.54, 1.807) is 42.5 Å². The number of hydrogen-bond donors (Lipinski definition) is 2. The van der Waals surface area contributed by atoms with Crippen LogP contribution in [0.15, 0.2) is 83.8 Å². The molecule has 0 atom stereocenters. The van der Waals surface area contributed by atoms with Gasteiger partial charge in [-0.25, -0.2) is 13.1 Å². The van der Waals surface area contributed by atoms with Gasteiger partial charge in [-0.2, -0.15) is 0 Å². The van der Waals surface area contributed by atoms with Crippen molar-refractivity contribution < 1.29 is 13.2 Å². The molecule has 1 amide bonds. The summed E-state index contributed by atoms with van der Waals surface area (Å²) < 4.78 is 28.1. The lowest BCUT2D eigenvalue weighted by molar-refractivity contribution is 0.0927. The number of rotatable bonds is 7. The Hall–Kier alpha value is -2.96. The second kappa shape index (κ2) is 10.1. The maximum atomic E-state index is 12.7. The van der Waals surface area contributed by atoms with Gasteiger partial charge in [-0.3, -0.25) is 4.79 Å². The minimum atomic E-state index is -3.66. The van der Waals surface area contributed by atoms with E-state index in [4.69, 9.17) is 0 Å². The van der Waals surface area contributed by atoms with Crippen molar-refractivity contribution in [3.05, 3.63) is 90.0 Å². The molecule has 2 N–H and O–H groups in total. The SMILES string of the molecule is O=C(NC1CCCCC1)c1cccc(CNS(=O)(=O)c2ccc(-c3ccccc3)cc2)c1. The van der Waals surface area contributed by atoms with Gasteiger partial charge in [0.2, 0.25) is 10.0 Å². The van der Waals surface area contributed by atoms with Crippen molar-refractivity contribution >= 4 is 15.9 Å². The van der Waals surface area contributed by atoms with Gasteiger partial charge in [0.1, 0.15) is 0 Å². The Morgan fingerprint density at radius 3 is 2.22 bits per heavy atom. The number of nitrogens with one attached hydrogen (secondary N) is 2. The van der Waals surface area contributed by atoms with Gasteiger partial charge in [-0.15, -0.1) is 0 Å². The van der Waals surface area contributed by atoms with Crippen molar-refractivity contribution in [2.24, 2.45) is 0 Å². The zero-order chi connectivity index (χ0) is 22.4. The third-order valence-electron chi connectivity index (χ3n) is 5.87. The van der Waals surface area contributed by atoms with Crippen molar-refractivity contribution in [1.82, 2.24) is 10.0 Å². The lowest BCUT2D eigenvalue weighted by Gasteiger charge is -2.22. The van der Waals surface area contributed by atoms with Crippen LogP contribution in [0.5, 0.6) is 0 Å². The summed E-state index contributed by atoms with van der Waals surface area (Å²) in [6.07, 6.45) is 5.58. The molecule has 3 aromatic rings. The maximum Gasteiger partial charge on any atom is 0.251 e. The molecule has 166 valence electrons. The number of amides is 1. The number of carbonyl (C=O) groups is 1. The van der Waals surface area contributed by atoms with E-state index >= 15 is 0 Å². The Kier molecular flexibility index (Phi) is 7.02. The van der Waals surface area contributed by atoms with Gasteiger partial charge in [0, 0.05) is 18.2 Å². The van der Waals surface area contributed by atoms with Gasteiger partial charge < -0.3 is 5.32 Å². The Bertz CT molecular complexity index is 1150. The van der Waals surface area contributed by atoms with E-state index in [1.807, 2.05) is 36.4 Å². The molecular formula is C26H28N2O3S. The minimum absolute atomic E-state index is 0.0990. The Labute approximate surface area is 189 Å². The molecule has 0 radical (unpaired) electrons. The standard InChI is InChI=1S/C26H28N2O3S/c29-26(28-24-12-5-2-6-13-24)23-11-7-8-20(18-23)19-27-32(30,31)25-16-14-22(15-17-25)21-9-3-1-4-10-21/h1,3-4,7-11,14-18,24,27H,2,5-6,12-13,19H2,(H,28,29). The molecule has 5 nitrogen and oxygen atoms in total. The number of sulfonamides is 1. The fraction of sp³-hybridized carbons (Fsp3) is 0.269. The predicted molar refractivity (Wildman–Crippen MR) is 127 cm³/mol. The molecule has 3 aromatic carbocycles. The van der Waals surface area contributed by atoms with Crippen molar-refractivity contribution in [2.45, 2.75) is 49.6 Å². The summed E-state index contributed by atoms with van der Waals surface area (Å²) in [4.78, 5) is 12.8. The molecule has 0 spiro atoms. The maximum absolute atomic E-state index is 12.7. The van der Waals surface area contributed by atoms with Crippen LogP contribution in [0.2, 0.25) is 0 Å². The van der Waals surface area contributed by atoms with Crippen LogP contribution >= 0.6 is 0 Å². The molecule has 4 rings (SSSR count). The minimum Gasteiger partial charge on any atom is -0.349 e. The highest BCUT2D eigenvalue weighted by Gasteiger charge is 2.17. The predicted octanol–water partition coefficient (Wildman–Crippen LogP) is 4.89. The fourth-order valence-electron chi connectivity index (χ4n) is 4.06. The molecule has 0 saturated heterocycles. The third kappa shape index (κ3) is 5.64. The van der Waals surface area contributed by atoms with Crippen molar-refractivity contribution in [3.63, 3.8) is 0 Å². The van der Waals surface area contributed by atoms with E-state index in [-0.39, 0.29) is 23.4 Å². The Morgan fingerprint density at radius 1 is 0.812 bits per heavy atom. The van der Waals surface area contributed by atoms with Gasteiger partial charge in [-0.1, -0.05) is 73.9 Å². The molecule has 32 heavy (non-hydrogen) atoms. The summed E-state index contributed by atoms with van der Waals surface area (Å²) in [6, 6.07) is 24.0. The third-order valence-corrected chi connectivity index (χ3v) is 7.28. The average Bonchev–Trinajstić information content (AvgIpc) is 2.84. The first-order chi connectivity index (χ1) is 15.5. The van der Waals surface area contributed by atoms with Gasteiger partial charge in [0.05, 0.1) is 4.90 Å². The average molecular weight is 449 g/mol. The van der Waals surface area contributed by atoms with Crippen LogP contribution in [0.4, 0.5) is 0 Å². The van der Waals surface area contributed by atoms with E-state index in [0.29, 0.717) is 5.56 Å². The molecule has 0 aromatic heterocycles.